The van der Waals surface area contributed by atoms with Crippen LogP contribution in [0.15, 0.2) is 0 Å². The Morgan fingerprint density at radius 3 is 1.17 bits per heavy atom. The molecule has 8 nitrogen and oxygen atoms in total. The maximum atomic E-state index is 12.9. The van der Waals surface area contributed by atoms with Gasteiger partial charge in [0.25, 0.3) is 9.84 Å². The average Bonchev–Trinajstić information content (AvgIpc) is 2.35. The fraction of sp³-hybridized carbons (Fsp3) is 0.727. The van der Waals surface area contributed by atoms with Crippen LogP contribution in [0, 0.1) is 0 Å². The molecule has 0 aromatic rings. The van der Waals surface area contributed by atoms with Crippen LogP contribution in [0.2, 0.25) is 0 Å². The first kappa shape index (κ1) is 21.1. The van der Waals surface area contributed by atoms with Gasteiger partial charge in [-0.15, -0.1) is 0 Å². The van der Waals surface area contributed by atoms with Crippen molar-refractivity contribution in [1.82, 2.24) is 0 Å². The number of rotatable bonds is 10. The molecular weight excluding hydrogens is 349 g/mol. The molecule has 0 bridgehead atoms. The molecule has 3 N–H and O–H groups in total. The van der Waals surface area contributed by atoms with Gasteiger partial charge in [-0.3, -0.25) is 14.4 Å². The zero-order valence-electron chi connectivity index (χ0n) is 11.7. The lowest BCUT2D eigenvalue weighted by atomic mass is 9.91. The summed E-state index contributed by atoms with van der Waals surface area (Å²) in [6.45, 7) is 0. The van der Waals surface area contributed by atoms with Gasteiger partial charge < -0.3 is 15.3 Å². The molecule has 23 heavy (non-hydrogen) atoms. The Morgan fingerprint density at radius 2 is 1.00 bits per heavy atom. The Hall–Kier alpha value is -1.85. The van der Waals surface area contributed by atoms with Crippen LogP contribution >= 0.6 is 0 Å². The van der Waals surface area contributed by atoms with Gasteiger partial charge in [-0.2, -0.15) is 13.2 Å². The normalized spacial score (nSPS) is 12.8. The summed E-state index contributed by atoms with van der Waals surface area (Å²) in [4.78, 5) is 31.8. The molecule has 0 saturated heterocycles. The molecular formula is C11H15F3O8S. The van der Waals surface area contributed by atoms with Crippen molar-refractivity contribution in [3.8, 4) is 0 Å². The molecule has 0 fully saturated rings. The molecule has 12 heteroatoms. The Balaban J connectivity index is 5.93. The van der Waals surface area contributed by atoms with Crippen molar-refractivity contribution >= 4 is 27.7 Å². The zero-order valence-corrected chi connectivity index (χ0v) is 12.5. The fourth-order valence-corrected chi connectivity index (χ4v) is 3.63. The summed E-state index contributed by atoms with van der Waals surface area (Å²) in [5.41, 5.74) is -5.76. The van der Waals surface area contributed by atoms with Crippen molar-refractivity contribution in [2.75, 3.05) is 0 Å². The number of halogens is 3. The molecule has 134 valence electrons. The Morgan fingerprint density at radius 1 is 0.739 bits per heavy atom. The molecule has 0 unspecified atom stereocenters. The third-order valence-corrected chi connectivity index (χ3v) is 5.62. The molecule has 0 heterocycles. The predicted octanol–water partition coefficient (Wildman–Crippen LogP) is 1.25. The third-order valence-electron chi connectivity index (χ3n) is 3.26. The van der Waals surface area contributed by atoms with Crippen LogP contribution in [-0.4, -0.2) is 51.9 Å². The van der Waals surface area contributed by atoms with E-state index in [2.05, 4.69) is 0 Å². The first-order valence-corrected chi connectivity index (χ1v) is 7.70. The summed E-state index contributed by atoms with van der Waals surface area (Å²) < 4.78 is 59.4. The van der Waals surface area contributed by atoms with Gasteiger partial charge in [0.2, 0.25) is 0 Å². The summed E-state index contributed by atoms with van der Waals surface area (Å²) in [5, 5.41) is 25.8. The highest BCUT2D eigenvalue weighted by atomic mass is 32.2. The van der Waals surface area contributed by atoms with E-state index in [1.54, 1.807) is 0 Å². The molecule has 0 saturated carbocycles. The van der Waals surface area contributed by atoms with E-state index in [1.807, 2.05) is 0 Å². The summed E-state index contributed by atoms with van der Waals surface area (Å²) in [6, 6.07) is 0. The number of carbonyl (C=O) groups is 3. The lowest BCUT2D eigenvalue weighted by molar-refractivity contribution is -0.137. The van der Waals surface area contributed by atoms with Gasteiger partial charge in [-0.25, -0.2) is 8.42 Å². The van der Waals surface area contributed by atoms with E-state index in [9.17, 15) is 36.0 Å². The molecule has 0 aliphatic rings. The van der Waals surface area contributed by atoms with Crippen LogP contribution in [0.4, 0.5) is 13.2 Å². The second kappa shape index (κ2) is 7.62. The van der Waals surface area contributed by atoms with Crippen molar-refractivity contribution in [3.05, 3.63) is 0 Å². The number of carboxylic acid groups (broad SMARTS) is 3. The SMILES string of the molecule is O=C(O)CCC(CCC(=O)O)(CCC(=O)O)S(=O)(=O)C(F)(F)F. The van der Waals surface area contributed by atoms with Gasteiger partial charge in [-0.1, -0.05) is 0 Å². The average molecular weight is 364 g/mol. The quantitative estimate of drug-likeness (QED) is 0.525. The van der Waals surface area contributed by atoms with E-state index in [-0.39, 0.29) is 0 Å². The summed E-state index contributed by atoms with van der Waals surface area (Å²) >= 11 is 0. The summed E-state index contributed by atoms with van der Waals surface area (Å²) in [5.74, 6) is -4.76. The second-order valence-corrected chi connectivity index (χ2v) is 7.15. The molecule has 0 aromatic heterocycles. The van der Waals surface area contributed by atoms with Crippen LogP contribution in [0.5, 0.6) is 0 Å². The molecule has 0 aromatic carbocycles. The molecule has 0 radical (unpaired) electrons. The Kier molecular flexibility index (Phi) is 7.00. The fourth-order valence-electron chi connectivity index (χ4n) is 2.03. The molecule has 0 spiro atoms. The minimum atomic E-state index is -5.98. The minimum absolute atomic E-state index is 0.978. The van der Waals surface area contributed by atoms with Crippen LogP contribution in [-0.2, 0) is 24.2 Å². The van der Waals surface area contributed by atoms with E-state index in [4.69, 9.17) is 15.3 Å². The molecule has 0 rings (SSSR count). The lowest BCUT2D eigenvalue weighted by Crippen LogP contribution is -2.47. The van der Waals surface area contributed by atoms with Gasteiger partial charge >= 0.3 is 23.4 Å². The molecule has 0 aliphatic heterocycles. The van der Waals surface area contributed by atoms with Crippen molar-refractivity contribution in [1.29, 1.82) is 0 Å². The molecule has 0 aliphatic carbocycles. The van der Waals surface area contributed by atoms with Crippen LogP contribution in [0.1, 0.15) is 38.5 Å². The van der Waals surface area contributed by atoms with Crippen LogP contribution < -0.4 is 0 Å². The van der Waals surface area contributed by atoms with Crippen LogP contribution in [0.3, 0.4) is 0 Å². The number of hydrogen-bond acceptors (Lipinski definition) is 5. The Labute approximate surface area is 128 Å². The highest BCUT2D eigenvalue weighted by Gasteiger charge is 2.59. The number of hydrogen-bond donors (Lipinski definition) is 3. The smallest absolute Gasteiger partial charge is 0.481 e. The number of sulfone groups is 1. The van der Waals surface area contributed by atoms with Gasteiger partial charge in [0.1, 0.15) is 0 Å². The predicted molar refractivity (Wildman–Crippen MR) is 68.3 cm³/mol. The van der Waals surface area contributed by atoms with E-state index < -0.39 is 76.5 Å². The Bertz CT molecular complexity index is 521. The van der Waals surface area contributed by atoms with E-state index in [0.29, 0.717) is 0 Å². The van der Waals surface area contributed by atoms with Crippen LogP contribution in [0.25, 0.3) is 0 Å². The first-order valence-electron chi connectivity index (χ1n) is 6.21. The summed E-state index contributed by atoms with van der Waals surface area (Å²) in [7, 11) is -5.98. The van der Waals surface area contributed by atoms with Gasteiger partial charge in [-0.05, 0) is 19.3 Å². The highest BCUT2D eigenvalue weighted by Crippen LogP contribution is 2.42. The van der Waals surface area contributed by atoms with Crippen molar-refractivity contribution in [2.45, 2.75) is 48.8 Å². The van der Waals surface area contributed by atoms with Gasteiger partial charge in [0.15, 0.2) is 0 Å². The summed E-state index contributed by atoms with van der Waals surface area (Å²) in [6.07, 6.45) is -6.04. The third kappa shape index (κ3) is 5.69. The largest absolute Gasteiger partial charge is 0.497 e. The molecule has 0 atom stereocenters. The van der Waals surface area contributed by atoms with E-state index in [1.165, 1.54) is 0 Å². The maximum absolute atomic E-state index is 12.9. The zero-order chi connectivity index (χ0) is 18.5. The van der Waals surface area contributed by atoms with E-state index in [0.717, 1.165) is 0 Å². The topological polar surface area (TPSA) is 146 Å². The highest BCUT2D eigenvalue weighted by molar-refractivity contribution is 7.93. The molecule has 0 amide bonds. The van der Waals surface area contributed by atoms with Crippen molar-refractivity contribution < 1.29 is 51.3 Å². The maximum Gasteiger partial charge on any atom is 0.497 e. The van der Waals surface area contributed by atoms with Gasteiger partial charge in [0, 0.05) is 19.3 Å². The first-order chi connectivity index (χ1) is 10.2. The minimum Gasteiger partial charge on any atom is -0.481 e. The monoisotopic (exact) mass is 364 g/mol. The van der Waals surface area contributed by atoms with Gasteiger partial charge in [0.05, 0.1) is 4.75 Å². The van der Waals surface area contributed by atoms with Crippen molar-refractivity contribution in [3.63, 3.8) is 0 Å². The van der Waals surface area contributed by atoms with Crippen molar-refractivity contribution in [2.24, 2.45) is 0 Å². The number of aliphatic carboxylic acids is 3. The van der Waals surface area contributed by atoms with E-state index >= 15 is 0 Å². The lowest BCUT2D eigenvalue weighted by Gasteiger charge is -2.33. The number of carboxylic acids is 3. The second-order valence-electron chi connectivity index (χ2n) is 4.81. The number of alkyl halides is 3. The standard InChI is InChI=1S/C11H15F3O8S/c12-11(13,14)23(21,22)10(4-1-7(15)16,5-2-8(17)18)6-3-9(19)20/h1-6H2,(H,15,16)(H,17,18)(H,19,20).